The highest BCUT2D eigenvalue weighted by Crippen LogP contribution is 2.33. The van der Waals surface area contributed by atoms with Crippen molar-refractivity contribution in [1.29, 1.82) is 0 Å². The number of carbonyl (C=O) groups is 1. The SMILES string of the molecule is CC1CCCN(C(C)CNC(=O)c2ccoc2CN2c3ccccc3CC2C)C1. The number of carbonyl (C=O) groups excluding carboxylic acids is 1. The number of fused-ring (bicyclic) bond motifs is 1. The number of likely N-dealkylation sites (tertiary alicyclic amines) is 1. The summed E-state index contributed by atoms with van der Waals surface area (Å²) < 4.78 is 5.74. The van der Waals surface area contributed by atoms with Crippen molar-refractivity contribution in [3.05, 3.63) is 53.5 Å². The van der Waals surface area contributed by atoms with E-state index in [1.807, 2.05) is 0 Å². The molecule has 156 valence electrons. The lowest BCUT2D eigenvalue weighted by molar-refractivity contribution is 0.0915. The van der Waals surface area contributed by atoms with Crippen molar-refractivity contribution >= 4 is 11.6 Å². The Hall–Kier alpha value is -2.27. The van der Waals surface area contributed by atoms with E-state index in [1.165, 1.54) is 24.1 Å². The highest BCUT2D eigenvalue weighted by Gasteiger charge is 2.28. The number of para-hydroxylation sites is 1. The second kappa shape index (κ2) is 8.62. The van der Waals surface area contributed by atoms with Gasteiger partial charge in [0.1, 0.15) is 5.76 Å². The maximum Gasteiger partial charge on any atom is 0.254 e. The Morgan fingerprint density at radius 2 is 2.10 bits per heavy atom. The molecule has 3 atom stereocenters. The first-order valence-corrected chi connectivity index (χ1v) is 11.0. The molecule has 1 aromatic heterocycles. The minimum absolute atomic E-state index is 0.0363. The van der Waals surface area contributed by atoms with Gasteiger partial charge in [0.25, 0.3) is 5.91 Å². The van der Waals surface area contributed by atoms with E-state index in [-0.39, 0.29) is 5.91 Å². The quantitative estimate of drug-likeness (QED) is 0.801. The van der Waals surface area contributed by atoms with Gasteiger partial charge in [-0.05, 0) is 63.3 Å². The van der Waals surface area contributed by atoms with Crippen LogP contribution < -0.4 is 10.2 Å². The van der Waals surface area contributed by atoms with Crippen LogP contribution in [0.1, 0.15) is 55.3 Å². The van der Waals surface area contributed by atoms with E-state index < -0.39 is 0 Å². The minimum Gasteiger partial charge on any atom is -0.467 e. The standard InChI is InChI=1S/C24H33N3O2/c1-17-7-6-11-26(15-17)19(3)14-25-24(28)21-10-12-29-23(21)16-27-18(2)13-20-8-4-5-9-22(20)27/h4-5,8-10,12,17-19H,6-7,11,13-16H2,1-3H3,(H,25,28). The molecular weight excluding hydrogens is 362 g/mol. The Kier molecular flexibility index (Phi) is 5.95. The molecule has 2 aliphatic heterocycles. The molecule has 0 radical (unpaired) electrons. The van der Waals surface area contributed by atoms with Crippen LogP contribution in [0.2, 0.25) is 0 Å². The van der Waals surface area contributed by atoms with Crippen LogP contribution in [0.3, 0.4) is 0 Å². The van der Waals surface area contributed by atoms with Crippen molar-refractivity contribution in [1.82, 2.24) is 10.2 Å². The van der Waals surface area contributed by atoms with Crippen molar-refractivity contribution < 1.29 is 9.21 Å². The lowest BCUT2D eigenvalue weighted by Gasteiger charge is -2.35. The lowest BCUT2D eigenvalue weighted by Crippen LogP contribution is -2.46. The zero-order valence-electron chi connectivity index (χ0n) is 17.9. The van der Waals surface area contributed by atoms with Gasteiger partial charge in [-0.2, -0.15) is 0 Å². The van der Waals surface area contributed by atoms with Crippen molar-refractivity contribution in [3.8, 4) is 0 Å². The van der Waals surface area contributed by atoms with E-state index in [4.69, 9.17) is 4.42 Å². The van der Waals surface area contributed by atoms with Crippen molar-refractivity contribution in [2.75, 3.05) is 24.5 Å². The molecular formula is C24H33N3O2. The van der Waals surface area contributed by atoms with Crippen molar-refractivity contribution in [2.24, 2.45) is 5.92 Å². The smallest absolute Gasteiger partial charge is 0.254 e. The summed E-state index contributed by atoms with van der Waals surface area (Å²) in [5, 5.41) is 3.13. The van der Waals surface area contributed by atoms with Gasteiger partial charge in [-0.25, -0.2) is 0 Å². The maximum absolute atomic E-state index is 12.9. The van der Waals surface area contributed by atoms with E-state index in [9.17, 15) is 4.79 Å². The number of hydrogen-bond donors (Lipinski definition) is 1. The topological polar surface area (TPSA) is 48.7 Å². The van der Waals surface area contributed by atoms with Crippen LogP contribution in [0.15, 0.2) is 41.0 Å². The molecule has 1 aromatic carbocycles. The molecule has 0 aliphatic carbocycles. The van der Waals surface area contributed by atoms with E-state index >= 15 is 0 Å². The number of anilines is 1. The Bertz CT molecular complexity index is 846. The maximum atomic E-state index is 12.9. The van der Waals surface area contributed by atoms with Crippen LogP contribution in [-0.2, 0) is 13.0 Å². The van der Waals surface area contributed by atoms with Gasteiger partial charge < -0.3 is 14.6 Å². The minimum atomic E-state index is -0.0363. The van der Waals surface area contributed by atoms with E-state index in [1.54, 1.807) is 12.3 Å². The number of nitrogens with one attached hydrogen (secondary N) is 1. The summed E-state index contributed by atoms with van der Waals surface area (Å²) >= 11 is 0. The van der Waals surface area contributed by atoms with Gasteiger partial charge in [-0.1, -0.05) is 25.1 Å². The summed E-state index contributed by atoms with van der Waals surface area (Å²) in [6, 6.07) is 11.0. The molecule has 1 amide bonds. The highest BCUT2D eigenvalue weighted by molar-refractivity contribution is 5.95. The Balaban J connectivity index is 1.38. The average Bonchev–Trinajstić information content (AvgIpc) is 3.31. The molecule has 1 saturated heterocycles. The molecule has 1 fully saturated rings. The zero-order valence-corrected chi connectivity index (χ0v) is 17.9. The third-order valence-corrected chi connectivity index (χ3v) is 6.52. The Morgan fingerprint density at radius 1 is 1.28 bits per heavy atom. The summed E-state index contributed by atoms with van der Waals surface area (Å²) in [6.07, 6.45) is 5.23. The molecule has 2 aromatic rings. The van der Waals surface area contributed by atoms with Gasteiger partial charge >= 0.3 is 0 Å². The van der Waals surface area contributed by atoms with E-state index in [2.05, 4.69) is 60.2 Å². The van der Waals surface area contributed by atoms with Crippen LogP contribution in [0, 0.1) is 5.92 Å². The number of amides is 1. The summed E-state index contributed by atoms with van der Waals surface area (Å²) in [7, 11) is 0. The number of hydrogen-bond acceptors (Lipinski definition) is 4. The largest absolute Gasteiger partial charge is 0.467 e. The predicted molar refractivity (Wildman–Crippen MR) is 116 cm³/mol. The second-order valence-corrected chi connectivity index (χ2v) is 8.87. The normalized spacial score (nSPS) is 23.1. The first kappa shape index (κ1) is 20.0. The fraction of sp³-hybridized carbons (Fsp3) is 0.542. The Morgan fingerprint density at radius 3 is 2.93 bits per heavy atom. The molecule has 3 heterocycles. The molecule has 5 nitrogen and oxygen atoms in total. The van der Waals surface area contributed by atoms with Gasteiger partial charge in [0.05, 0.1) is 18.4 Å². The molecule has 3 unspecified atom stereocenters. The zero-order chi connectivity index (χ0) is 20.4. The molecule has 29 heavy (non-hydrogen) atoms. The molecule has 0 saturated carbocycles. The van der Waals surface area contributed by atoms with Crippen LogP contribution in [0.5, 0.6) is 0 Å². The molecule has 5 heteroatoms. The van der Waals surface area contributed by atoms with Gasteiger partial charge in [0, 0.05) is 30.9 Å². The van der Waals surface area contributed by atoms with Crippen LogP contribution >= 0.6 is 0 Å². The molecule has 0 bridgehead atoms. The van der Waals surface area contributed by atoms with E-state index in [0.29, 0.717) is 30.7 Å². The van der Waals surface area contributed by atoms with Gasteiger partial charge in [-0.15, -0.1) is 0 Å². The van der Waals surface area contributed by atoms with Crippen LogP contribution in [-0.4, -0.2) is 42.5 Å². The van der Waals surface area contributed by atoms with Crippen molar-refractivity contribution in [3.63, 3.8) is 0 Å². The average molecular weight is 396 g/mol. The van der Waals surface area contributed by atoms with Crippen LogP contribution in [0.25, 0.3) is 0 Å². The first-order valence-electron chi connectivity index (χ1n) is 11.0. The third-order valence-electron chi connectivity index (χ3n) is 6.52. The number of piperidine rings is 1. The molecule has 4 rings (SSSR count). The number of nitrogens with zero attached hydrogens (tertiary/aromatic N) is 2. The number of rotatable bonds is 6. The van der Waals surface area contributed by atoms with Gasteiger partial charge in [0.15, 0.2) is 0 Å². The highest BCUT2D eigenvalue weighted by atomic mass is 16.3. The summed E-state index contributed by atoms with van der Waals surface area (Å²) in [5.41, 5.74) is 3.26. The molecule has 0 spiro atoms. The third kappa shape index (κ3) is 4.35. The fourth-order valence-corrected chi connectivity index (χ4v) is 4.78. The van der Waals surface area contributed by atoms with Crippen molar-refractivity contribution in [2.45, 2.75) is 58.7 Å². The number of furan rings is 1. The lowest BCUT2D eigenvalue weighted by atomic mass is 9.99. The number of benzene rings is 1. The predicted octanol–water partition coefficient (Wildman–Crippen LogP) is 4.08. The first-order chi connectivity index (χ1) is 14.0. The Labute approximate surface area is 174 Å². The monoisotopic (exact) mass is 395 g/mol. The van der Waals surface area contributed by atoms with E-state index in [0.717, 1.165) is 31.2 Å². The summed E-state index contributed by atoms with van der Waals surface area (Å²) in [4.78, 5) is 17.7. The van der Waals surface area contributed by atoms with Gasteiger partial charge in [0.2, 0.25) is 0 Å². The summed E-state index contributed by atoms with van der Waals surface area (Å²) in [6.45, 7) is 10.3. The fourth-order valence-electron chi connectivity index (χ4n) is 4.78. The second-order valence-electron chi connectivity index (χ2n) is 8.87. The van der Waals surface area contributed by atoms with Crippen LogP contribution in [0.4, 0.5) is 5.69 Å². The molecule has 1 N–H and O–H groups in total. The summed E-state index contributed by atoms with van der Waals surface area (Å²) in [5.74, 6) is 1.45. The molecule has 2 aliphatic rings. The van der Waals surface area contributed by atoms with Gasteiger partial charge in [-0.3, -0.25) is 9.69 Å².